The third-order valence-corrected chi connectivity index (χ3v) is 5.65. The molecular formula is C14H14BrNO2S2. The van der Waals surface area contributed by atoms with Gasteiger partial charge in [-0.1, -0.05) is 6.07 Å². The first kappa shape index (κ1) is 15.4. The van der Waals surface area contributed by atoms with Crippen molar-refractivity contribution in [3.8, 4) is 0 Å². The highest BCUT2D eigenvalue weighted by molar-refractivity contribution is 9.10. The van der Waals surface area contributed by atoms with Gasteiger partial charge in [0.05, 0.1) is 4.90 Å². The highest BCUT2D eigenvalue weighted by Gasteiger charge is 2.06. The van der Waals surface area contributed by atoms with Gasteiger partial charge < -0.3 is 5.73 Å². The van der Waals surface area contributed by atoms with Crippen molar-refractivity contribution in [3.05, 3.63) is 52.5 Å². The van der Waals surface area contributed by atoms with Crippen LogP contribution in [0.3, 0.4) is 0 Å². The molecule has 2 aromatic carbocycles. The zero-order valence-corrected chi connectivity index (χ0v) is 14.1. The van der Waals surface area contributed by atoms with Gasteiger partial charge in [0.1, 0.15) is 0 Å². The number of nitrogen functional groups attached to an aromatic ring is 1. The second-order valence-corrected chi connectivity index (χ2v) is 8.31. The van der Waals surface area contributed by atoms with Crippen LogP contribution in [0.2, 0.25) is 0 Å². The van der Waals surface area contributed by atoms with Gasteiger partial charge in [-0.15, -0.1) is 11.8 Å². The average molecular weight is 372 g/mol. The van der Waals surface area contributed by atoms with Crippen molar-refractivity contribution in [1.29, 1.82) is 0 Å². The fourth-order valence-corrected chi connectivity index (χ4v) is 3.35. The van der Waals surface area contributed by atoms with Crippen LogP contribution in [0.4, 0.5) is 5.69 Å². The molecule has 2 N–H and O–H groups in total. The molecular weight excluding hydrogens is 358 g/mol. The van der Waals surface area contributed by atoms with Gasteiger partial charge in [0, 0.05) is 27.1 Å². The Morgan fingerprint density at radius 1 is 1.15 bits per heavy atom. The van der Waals surface area contributed by atoms with E-state index in [1.807, 2.05) is 30.3 Å². The maximum Gasteiger partial charge on any atom is 0.175 e. The number of halogens is 1. The molecule has 0 spiro atoms. The molecule has 0 saturated heterocycles. The molecule has 106 valence electrons. The number of anilines is 1. The second-order valence-electron chi connectivity index (χ2n) is 4.39. The molecule has 0 aliphatic carbocycles. The number of sulfone groups is 1. The molecule has 0 amide bonds. The predicted molar refractivity (Wildman–Crippen MR) is 87.7 cm³/mol. The fraction of sp³-hybridized carbons (Fsp3) is 0.143. The number of nitrogens with two attached hydrogens (primary N) is 1. The third kappa shape index (κ3) is 4.01. The molecule has 0 bridgehead atoms. The quantitative estimate of drug-likeness (QED) is 0.656. The SMILES string of the molecule is CS(=O)(=O)c1ccc(SCc2ccc(Br)c(N)c2)cc1. The summed E-state index contributed by atoms with van der Waals surface area (Å²) in [5.41, 5.74) is 7.68. The average Bonchev–Trinajstić information content (AvgIpc) is 2.40. The predicted octanol–water partition coefficient (Wildman–Crippen LogP) is 3.73. The van der Waals surface area contributed by atoms with Gasteiger partial charge in [0.25, 0.3) is 0 Å². The minimum Gasteiger partial charge on any atom is -0.398 e. The van der Waals surface area contributed by atoms with Crippen LogP contribution in [0, 0.1) is 0 Å². The third-order valence-electron chi connectivity index (χ3n) is 2.72. The maximum atomic E-state index is 11.4. The van der Waals surface area contributed by atoms with Gasteiger partial charge in [0.2, 0.25) is 0 Å². The van der Waals surface area contributed by atoms with Crippen LogP contribution in [0.5, 0.6) is 0 Å². The lowest BCUT2D eigenvalue weighted by molar-refractivity contribution is 0.602. The van der Waals surface area contributed by atoms with E-state index in [1.165, 1.54) is 6.26 Å². The molecule has 0 unspecified atom stereocenters. The van der Waals surface area contributed by atoms with E-state index in [-0.39, 0.29) is 0 Å². The number of hydrogen-bond acceptors (Lipinski definition) is 4. The van der Waals surface area contributed by atoms with Crippen LogP contribution in [-0.4, -0.2) is 14.7 Å². The number of thioether (sulfide) groups is 1. The van der Waals surface area contributed by atoms with Crippen molar-refractivity contribution < 1.29 is 8.42 Å². The van der Waals surface area contributed by atoms with Crippen LogP contribution >= 0.6 is 27.7 Å². The van der Waals surface area contributed by atoms with Crippen LogP contribution in [0.15, 0.2) is 56.7 Å². The van der Waals surface area contributed by atoms with Gasteiger partial charge >= 0.3 is 0 Å². The monoisotopic (exact) mass is 371 g/mol. The summed E-state index contributed by atoms with van der Waals surface area (Å²) in [6.45, 7) is 0. The Kier molecular flexibility index (Phi) is 4.78. The molecule has 0 saturated carbocycles. The Hall–Kier alpha value is -0.980. The van der Waals surface area contributed by atoms with Crippen molar-refractivity contribution in [2.24, 2.45) is 0 Å². The van der Waals surface area contributed by atoms with E-state index in [0.717, 1.165) is 26.4 Å². The van der Waals surface area contributed by atoms with Crippen molar-refractivity contribution >= 4 is 43.2 Å². The molecule has 0 fully saturated rings. The molecule has 6 heteroatoms. The fourth-order valence-electron chi connectivity index (χ4n) is 1.63. The van der Waals surface area contributed by atoms with Gasteiger partial charge in [-0.2, -0.15) is 0 Å². The van der Waals surface area contributed by atoms with Crippen molar-refractivity contribution in [2.75, 3.05) is 12.0 Å². The summed E-state index contributed by atoms with van der Waals surface area (Å²) >= 11 is 5.00. The molecule has 2 aromatic rings. The summed E-state index contributed by atoms with van der Waals surface area (Å²) in [5, 5.41) is 0. The van der Waals surface area contributed by atoms with Crippen molar-refractivity contribution in [1.82, 2.24) is 0 Å². The smallest absolute Gasteiger partial charge is 0.175 e. The first-order valence-electron chi connectivity index (χ1n) is 5.83. The van der Waals surface area contributed by atoms with Crippen LogP contribution in [-0.2, 0) is 15.6 Å². The van der Waals surface area contributed by atoms with E-state index in [4.69, 9.17) is 5.73 Å². The summed E-state index contributed by atoms with van der Waals surface area (Å²) in [6, 6.07) is 12.8. The lowest BCUT2D eigenvalue weighted by atomic mass is 10.2. The molecule has 0 aliphatic heterocycles. The van der Waals surface area contributed by atoms with Crippen molar-refractivity contribution in [2.45, 2.75) is 15.5 Å². The van der Waals surface area contributed by atoms with Gasteiger partial charge in [0.15, 0.2) is 9.84 Å². The minimum absolute atomic E-state index is 0.342. The Morgan fingerprint density at radius 2 is 1.80 bits per heavy atom. The van der Waals surface area contributed by atoms with E-state index in [9.17, 15) is 8.42 Å². The summed E-state index contributed by atoms with van der Waals surface area (Å²) in [7, 11) is -3.13. The topological polar surface area (TPSA) is 60.2 Å². The highest BCUT2D eigenvalue weighted by Crippen LogP contribution is 2.27. The Bertz CT molecular complexity index is 712. The van der Waals surface area contributed by atoms with E-state index >= 15 is 0 Å². The van der Waals surface area contributed by atoms with Crippen LogP contribution in [0.1, 0.15) is 5.56 Å². The Balaban J connectivity index is 2.06. The molecule has 0 heterocycles. The molecule has 0 radical (unpaired) electrons. The van der Waals surface area contributed by atoms with E-state index < -0.39 is 9.84 Å². The number of hydrogen-bond donors (Lipinski definition) is 1. The second kappa shape index (κ2) is 6.20. The first-order valence-corrected chi connectivity index (χ1v) is 9.50. The standard InChI is InChI=1S/C14H14BrNO2S2/c1-20(17,18)12-5-3-11(4-6-12)19-9-10-2-7-13(15)14(16)8-10/h2-8H,9,16H2,1H3. The first-order chi connectivity index (χ1) is 9.36. The van der Waals surface area contributed by atoms with Gasteiger partial charge in [-0.25, -0.2) is 8.42 Å². The lowest BCUT2D eigenvalue weighted by Gasteiger charge is -2.05. The van der Waals surface area contributed by atoms with E-state index in [0.29, 0.717) is 4.90 Å². The zero-order chi connectivity index (χ0) is 14.8. The molecule has 3 nitrogen and oxygen atoms in total. The molecule has 0 aromatic heterocycles. The zero-order valence-electron chi connectivity index (χ0n) is 10.8. The van der Waals surface area contributed by atoms with Crippen LogP contribution < -0.4 is 5.73 Å². The highest BCUT2D eigenvalue weighted by atomic mass is 79.9. The molecule has 20 heavy (non-hydrogen) atoms. The summed E-state index contributed by atoms with van der Waals surface area (Å²) in [6.07, 6.45) is 1.21. The summed E-state index contributed by atoms with van der Waals surface area (Å²) in [5.74, 6) is 0.787. The maximum absolute atomic E-state index is 11.4. The van der Waals surface area contributed by atoms with E-state index in [2.05, 4.69) is 15.9 Å². The van der Waals surface area contributed by atoms with Crippen molar-refractivity contribution in [3.63, 3.8) is 0 Å². The number of rotatable bonds is 4. The summed E-state index contributed by atoms with van der Waals surface area (Å²) < 4.78 is 23.6. The molecule has 0 aliphatic rings. The largest absolute Gasteiger partial charge is 0.398 e. The number of benzene rings is 2. The minimum atomic E-state index is -3.13. The Morgan fingerprint density at radius 3 is 2.35 bits per heavy atom. The Labute approximate surface area is 131 Å². The van der Waals surface area contributed by atoms with Crippen LogP contribution in [0.25, 0.3) is 0 Å². The normalized spacial score (nSPS) is 11.5. The summed E-state index contributed by atoms with van der Waals surface area (Å²) in [4.78, 5) is 1.37. The van der Waals surface area contributed by atoms with E-state index in [1.54, 1.807) is 23.9 Å². The molecule has 0 atom stereocenters. The van der Waals surface area contributed by atoms with Gasteiger partial charge in [-0.05, 0) is 57.9 Å². The molecule has 2 rings (SSSR count). The van der Waals surface area contributed by atoms with Gasteiger partial charge in [-0.3, -0.25) is 0 Å². The lowest BCUT2D eigenvalue weighted by Crippen LogP contribution is -1.96.